The van der Waals surface area contributed by atoms with Crippen molar-refractivity contribution in [3.63, 3.8) is 0 Å². The number of pyridine rings is 1. The molecule has 2 heteroatoms. The lowest BCUT2D eigenvalue weighted by molar-refractivity contribution is 1.07. The van der Waals surface area contributed by atoms with Gasteiger partial charge >= 0.3 is 0 Å². The van der Waals surface area contributed by atoms with E-state index >= 15 is 0 Å². The fraction of sp³-hybridized carbons (Fsp3) is 0.211. The lowest BCUT2D eigenvalue weighted by Crippen LogP contribution is -2.11. The van der Waals surface area contributed by atoms with E-state index in [1.165, 1.54) is 22.1 Å². The number of fused-ring (bicyclic) bond motifs is 1. The van der Waals surface area contributed by atoms with Crippen LogP contribution in [0.5, 0.6) is 0 Å². The van der Waals surface area contributed by atoms with Gasteiger partial charge in [-0.3, -0.25) is 0 Å². The van der Waals surface area contributed by atoms with Gasteiger partial charge in [-0.1, -0.05) is 55.5 Å². The Bertz CT molecular complexity index is 761. The van der Waals surface area contributed by atoms with Crippen molar-refractivity contribution in [3.05, 3.63) is 60.2 Å². The number of aromatic nitrogens is 1. The van der Waals surface area contributed by atoms with Crippen molar-refractivity contribution < 1.29 is 0 Å². The summed E-state index contributed by atoms with van der Waals surface area (Å²) in [7, 11) is 4.08. The maximum Gasteiger partial charge on any atom is 0.129 e. The number of benzene rings is 2. The van der Waals surface area contributed by atoms with Gasteiger partial charge in [-0.25, -0.2) is 4.98 Å². The molecule has 0 radical (unpaired) electrons. The molecule has 0 atom stereocenters. The van der Waals surface area contributed by atoms with Crippen LogP contribution in [-0.4, -0.2) is 19.1 Å². The fourth-order valence-corrected chi connectivity index (χ4v) is 2.67. The monoisotopic (exact) mass is 276 g/mol. The molecular weight excluding hydrogens is 256 g/mol. The highest BCUT2D eigenvalue weighted by atomic mass is 15.1. The maximum absolute atomic E-state index is 4.86. The second kappa shape index (κ2) is 5.57. The van der Waals surface area contributed by atoms with Gasteiger partial charge in [-0.15, -0.1) is 0 Å². The number of aryl methyl sites for hydroxylation is 1. The van der Waals surface area contributed by atoms with Crippen LogP contribution in [0.15, 0.2) is 54.6 Å². The van der Waals surface area contributed by atoms with Crippen LogP contribution in [0, 0.1) is 0 Å². The van der Waals surface area contributed by atoms with Crippen molar-refractivity contribution >= 4 is 16.7 Å². The van der Waals surface area contributed by atoms with Gasteiger partial charge in [0.05, 0.1) is 5.52 Å². The third-order valence-electron chi connectivity index (χ3n) is 3.83. The average molecular weight is 276 g/mol. The molecule has 1 aromatic heterocycles. The SMILES string of the molecule is CCc1cccc2c(-c3ccccc3)cc(N(C)C)nc12. The Morgan fingerprint density at radius 1 is 0.952 bits per heavy atom. The molecule has 0 unspecified atom stereocenters. The van der Waals surface area contributed by atoms with Crippen molar-refractivity contribution in [2.75, 3.05) is 19.0 Å². The molecule has 21 heavy (non-hydrogen) atoms. The Morgan fingerprint density at radius 3 is 2.38 bits per heavy atom. The maximum atomic E-state index is 4.86. The molecule has 0 saturated carbocycles. The zero-order chi connectivity index (χ0) is 14.8. The number of rotatable bonds is 3. The molecule has 2 nitrogen and oxygen atoms in total. The van der Waals surface area contributed by atoms with Gasteiger partial charge in [0, 0.05) is 19.5 Å². The normalized spacial score (nSPS) is 10.8. The highest BCUT2D eigenvalue weighted by Gasteiger charge is 2.11. The molecular formula is C19H20N2. The van der Waals surface area contributed by atoms with Crippen molar-refractivity contribution in [3.8, 4) is 11.1 Å². The quantitative estimate of drug-likeness (QED) is 0.698. The Kier molecular flexibility index (Phi) is 3.61. The van der Waals surface area contributed by atoms with Crippen LogP contribution in [0.25, 0.3) is 22.0 Å². The van der Waals surface area contributed by atoms with E-state index in [0.717, 1.165) is 17.8 Å². The highest BCUT2D eigenvalue weighted by molar-refractivity contribution is 5.97. The lowest BCUT2D eigenvalue weighted by Gasteiger charge is -2.16. The first kappa shape index (κ1) is 13.6. The number of anilines is 1. The van der Waals surface area contributed by atoms with Gasteiger partial charge in [-0.2, -0.15) is 0 Å². The first-order valence-corrected chi connectivity index (χ1v) is 7.36. The van der Waals surface area contributed by atoms with E-state index in [0.29, 0.717) is 0 Å². The van der Waals surface area contributed by atoms with Gasteiger partial charge in [0.1, 0.15) is 5.82 Å². The second-order valence-corrected chi connectivity index (χ2v) is 5.46. The molecule has 0 saturated heterocycles. The van der Waals surface area contributed by atoms with Crippen molar-refractivity contribution in [2.45, 2.75) is 13.3 Å². The molecule has 0 spiro atoms. The second-order valence-electron chi connectivity index (χ2n) is 5.46. The Labute approximate surface area is 126 Å². The van der Waals surface area contributed by atoms with Gasteiger partial charge in [0.25, 0.3) is 0 Å². The summed E-state index contributed by atoms with van der Waals surface area (Å²) in [6.07, 6.45) is 0.995. The first-order chi connectivity index (χ1) is 10.2. The summed E-state index contributed by atoms with van der Waals surface area (Å²) in [5.74, 6) is 1.00. The summed E-state index contributed by atoms with van der Waals surface area (Å²) in [6, 6.07) is 19.2. The molecule has 2 aromatic carbocycles. The lowest BCUT2D eigenvalue weighted by atomic mass is 9.98. The van der Waals surface area contributed by atoms with E-state index in [1.54, 1.807) is 0 Å². The van der Waals surface area contributed by atoms with Gasteiger partial charge in [0.2, 0.25) is 0 Å². The summed E-state index contributed by atoms with van der Waals surface area (Å²) < 4.78 is 0. The van der Waals surface area contributed by atoms with Crippen molar-refractivity contribution in [2.24, 2.45) is 0 Å². The van der Waals surface area contributed by atoms with Crippen molar-refractivity contribution in [1.82, 2.24) is 4.98 Å². The van der Waals surface area contributed by atoms with Crippen LogP contribution in [0.3, 0.4) is 0 Å². The molecule has 0 aliphatic heterocycles. The summed E-state index contributed by atoms with van der Waals surface area (Å²) in [5, 5.41) is 1.23. The number of hydrogen-bond donors (Lipinski definition) is 0. The summed E-state index contributed by atoms with van der Waals surface area (Å²) in [4.78, 5) is 6.93. The molecule has 0 aliphatic rings. The van der Waals surface area contributed by atoms with E-state index in [-0.39, 0.29) is 0 Å². The minimum atomic E-state index is 0.995. The molecule has 1 heterocycles. The predicted molar refractivity (Wildman–Crippen MR) is 90.9 cm³/mol. The molecule has 0 bridgehead atoms. The topological polar surface area (TPSA) is 16.1 Å². The van der Waals surface area contributed by atoms with E-state index in [4.69, 9.17) is 4.98 Å². The Morgan fingerprint density at radius 2 is 1.71 bits per heavy atom. The molecule has 3 rings (SSSR count). The predicted octanol–water partition coefficient (Wildman–Crippen LogP) is 4.53. The third kappa shape index (κ3) is 2.49. The van der Waals surface area contributed by atoms with Crippen molar-refractivity contribution in [1.29, 1.82) is 0 Å². The van der Waals surface area contributed by atoms with E-state index < -0.39 is 0 Å². The van der Waals surface area contributed by atoms with Crippen LogP contribution in [-0.2, 0) is 6.42 Å². The van der Waals surface area contributed by atoms with Gasteiger partial charge in [-0.05, 0) is 29.2 Å². The Balaban J connectivity index is 2.37. The van der Waals surface area contributed by atoms with Crippen LogP contribution < -0.4 is 4.90 Å². The first-order valence-electron chi connectivity index (χ1n) is 7.36. The number of hydrogen-bond acceptors (Lipinski definition) is 2. The van der Waals surface area contributed by atoms with Crippen LogP contribution in [0.1, 0.15) is 12.5 Å². The largest absolute Gasteiger partial charge is 0.363 e. The van der Waals surface area contributed by atoms with Crippen LogP contribution >= 0.6 is 0 Å². The molecule has 0 fully saturated rings. The zero-order valence-electron chi connectivity index (χ0n) is 12.8. The molecule has 3 aromatic rings. The van der Waals surface area contributed by atoms with E-state index in [9.17, 15) is 0 Å². The molecule has 0 amide bonds. The highest BCUT2D eigenvalue weighted by Crippen LogP contribution is 2.32. The average Bonchev–Trinajstić information content (AvgIpc) is 2.53. The molecule has 0 aliphatic carbocycles. The molecule has 0 N–H and O–H groups in total. The summed E-state index contributed by atoms with van der Waals surface area (Å²) >= 11 is 0. The van der Waals surface area contributed by atoms with E-state index in [1.807, 2.05) is 14.1 Å². The van der Waals surface area contributed by atoms with Gasteiger partial charge < -0.3 is 4.90 Å². The summed E-state index contributed by atoms with van der Waals surface area (Å²) in [5.41, 5.74) is 4.90. The van der Waals surface area contributed by atoms with Gasteiger partial charge in [0.15, 0.2) is 0 Å². The standard InChI is InChI=1S/C19H20N2/c1-4-14-11-8-12-16-17(15-9-6-5-7-10-15)13-18(21(2)3)20-19(14)16/h5-13H,4H2,1-3H3. The number of para-hydroxylation sites is 1. The third-order valence-corrected chi connectivity index (χ3v) is 3.83. The van der Waals surface area contributed by atoms with Crippen LogP contribution in [0.4, 0.5) is 5.82 Å². The Hall–Kier alpha value is -2.35. The minimum absolute atomic E-state index is 0.995. The number of nitrogens with zero attached hydrogens (tertiary/aromatic N) is 2. The summed E-state index contributed by atoms with van der Waals surface area (Å²) in [6.45, 7) is 2.18. The molecule has 106 valence electrons. The van der Waals surface area contributed by atoms with E-state index in [2.05, 4.69) is 66.4 Å². The smallest absolute Gasteiger partial charge is 0.129 e. The fourth-order valence-electron chi connectivity index (χ4n) is 2.67. The zero-order valence-corrected chi connectivity index (χ0v) is 12.8. The minimum Gasteiger partial charge on any atom is -0.363 e. The van der Waals surface area contributed by atoms with Crippen LogP contribution in [0.2, 0.25) is 0 Å².